The molecule has 0 radical (unpaired) electrons. The number of fused-ring (bicyclic) bond motifs is 3. The Labute approximate surface area is 166 Å². The van der Waals surface area contributed by atoms with Gasteiger partial charge in [-0.05, 0) is 71.3 Å². The number of methoxy groups -OCH3 is 2. The average molecular weight is 469 g/mol. The maximum atomic E-state index is 13.8. The Kier molecular flexibility index (Phi) is 4.96. The molecule has 2 aliphatic heterocycles. The van der Waals surface area contributed by atoms with Crippen molar-refractivity contribution >= 4 is 28.3 Å². The van der Waals surface area contributed by atoms with Crippen LogP contribution in [0.5, 0.6) is 11.5 Å². The molecule has 1 N–H and O–H groups in total. The molecule has 138 valence electrons. The van der Waals surface area contributed by atoms with Crippen LogP contribution in [0.2, 0.25) is 0 Å². The highest BCUT2D eigenvalue weighted by Gasteiger charge is 2.40. The molecule has 0 aromatic heterocycles. The Balaban J connectivity index is 1.79. The third kappa shape index (κ3) is 3.03. The number of nitrogens with one attached hydrogen (secondary N) is 1. The van der Waals surface area contributed by atoms with Crippen molar-refractivity contribution in [3.05, 3.63) is 50.8 Å². The van der Waals surface area contributed by atoms with Crippen molar-refractivity contribution in [2.45, 2.75) is 25.0 Å². The second-order valence-electron chi connectivity index (χ2n) is 6.69. The van der Waals surface area contributed by atoms with Crippen LogP contribution in [-0.4, -0.2) is 20.8 Å². The molecule has 3 atom stereocenters. The zero-order valence-electron chi connectivity index (χ0n) is 14.7. The molecule has 4 nitrogen and oxygen atoms in total. The highest BCUT2D eigenvalue weighted by atomic mass is 127. The molecule has 6 heteroatoms. The Morgan fingerprint density at radius 1 is 1.19 bits per heavy atom. The number of hydrogen-bond acceptors (Lipinski definition) is 4. The number of hydrogen-bond donors (Lipinski definition) is 1. The molecule has 1 saturated heterocycles. The number of benzene rings is 2. The van der Waals surface area contributed by atoms with E-state index in [1.54, 1.807) is 26.4 Å². The molecular formula is C20H21FINO3. The van der Waals surface area contributed by atoms with Crippen LogP contribution >= 0.6 is 22.6 Å². The summed E-state index contributed by atoms with van der Waals surface area (Å²) in [6.07, 6.45) is 1.95. The van der Waals surface area contributed by atoms with Crippen LogP contribution in [-0.2, 0) is 4.74 Å². The smallest absolute Gasteiger partial charge is 0.174 e. The van der Waals surface area contributed by atoms with E-state index in [0.717, 1.165) is 44.7 Å². The van der Waals surface area contributed by atoms with Gasteiger partial charge in [-0.25, -0.2) is 4.39 Å². The van der Waals surface area contributed by atoms with Crippen LogP contribution in [0.25, 0.3) is 0 Å². The molecule has 0 spiro atoms. The van der Waals surface area contributed by atoms with E-state index >= 15 is 0 Å². The summed E-state index contributed by atoms with van der Waals surface area (Å²) in [5.41, 5.74) is 2.98. The lowest BCUT2D eigenvalue weighted by atomic mass is 9.77. The quantitative estimate of drug-likeness (QED) is 0.637. The predicted octanol–water partition coefficient (Wildman–Crippen LogP) is 5.08. The largest absolute Gasteiger partial charge is 0.493 e. The molecule has 0 bridgehead atoms. The van der Waals surface area contributed by atoms with E-state index in [2.05, 4.69) is 34.0 Å². The van der Waals surface area contributed by atoms with Crippen LogP contribution in [0.1, 0.15) is 36.1 Å². The van der Waals surface area contributed by atoms with Crippen LogP contribution in [0.4, 0.5) is 10.1 Å². The highest BCUT2D eigenvalue weighted by Crippen LogP contribution is 2.50. The maximum absolute atomic E-state index is 13.8. The summed E-state index contributed by atoms with van der Waals surface area (Å²) in [4.78, 5) is 0. The summed E-state index contributed by atoms with van der Waals surface area (Å²) in [6.45, 7) is 0.716. The van der Waals surface area contributed by atoms with Gasteiger partial charge in [0.25, 0.3) is 0 Å². The first-order valence-corrected chi connectivity index (χ1v) is 9.79. The van der Waals surface area contributed by atoms with E-state index < -0.39 is 0 Å². The first-order chi connectivity index (χ1) is 12.6. The fraction of sp³-hybridized carbons (Fsp3) is 0.400. The van der Waals surface area contributed by atoms with Gasteiger partial charge in [-0.3, -0.25) is 0 Å². The van der Waals surface area contributed by atoms with Gasteiger partial charge in [0.1, 0.15) is 5.82 Å². The van der Waals surface area contributed by atoms with Gasteiger partial charge in [0.2, 0.25) is 0 Å². The fourth-order valence-corrected chi connectivity index (χ4v) is 4.93. The van der Waals surface area contributed by atoms with Gasteiger partial charge in [0.05, 0.1) is 29.9 Å². The first kappa shape index (κ1) is 17.9. The molecule has 1 fully saturated rings. The number of halogens is 2. The minimum atomic E-state index is -0.224. The van der Waals surface area contributed by atoms with Gasteiger partial charge in [-0.1, -0.05) is 0 Å². The molecule has 2 aliphatic rings. The lowest BCUT2D eigenvalue weighted by molar-refractivity contribution is -0.0383. The zero-order chi connectivity index (χ0) is 18.3. The highest BCUT2D eigenvalue weighted by molar-refractivity contribution is 14.1. The Morgan fingerprint density at radius 2 is 2.04 bits per heavy atom. The van der Waals surface area contributed by atoms with Gasteiger partial charge >= 0.3 is 0 Å². The Morgan fingerprint density at radius 3 is 2.81 bits per heavy atom. The normalized spacial score (nSPS) is 24.2. The zero-order valence-corrected chi connectivity index (χ0v) is 16.9. The van der Waals surface area contributed by atoms with Crippen molar-refractivity contribution in [2.75, 3.05) is 26.1 Å². The van der Waals surface area contributed by atoms with Gasteiger partial charge < -0.3 is 19.5 Å². The molecule has 0 saturated carbocycles. The van der Waals surface area contributed by atoms with E-state index in [-0.39, 0.29) is 23.9 Å². The summed E-state index contributed by atoms with van der Waals surface area (Å²) in [7, 11) is 3.30. The van der Waals surface area contributed by atoms with Crippen molar-refractivity contribution < 1.29 is 18.6 Å². The Bertz CT molecular complexity index is 829. The molecule has 0 amide bonds. The summed E-state index contributed by atoms with van der Waals surface area (Å²) < 4.78 is 31.9. The molecule has 0 unspecified atom stereocenters. The number of ether oxygens (including phenoxy) is 3. The standard InChI is InChI=1S/C20H21FINO3/c1-24-17-9-11(8-15(22)20(17)25-2)18-13-4-3-7-26-19(13)14-10-12(21)5-6-16(14)23-18/h5-6,8-10,13,18-19,23H,3-4,7H2,1-2H3/t13-,18+,19-/m0/s1. The summed E-state index contributed by atoms with van der Waals surface area (Å²) in [6, 6.07) is 9.12. The van der Waals surface area contributed by atoms with E-state index in [0.29, 0.717) is 6.61 Å². The third-order valence-corrected chi connectivity index (χ3v) is 6.04. The van der Waals surface area contributed by atoms with E-state index in [1.807, 2.05) is 6.07 Å². The summed E-state index contributed by atoms with van der Waals surface area (Å²) >= 11 is 2.27. The van der Waals surface area contributed by atoms with Crippen LogP contribution < -0.4 is 14.8 Å². The van der Waals surface area contributed by atoms with Gasteiger partial charge in [0, 0.05) is 23.8 Å². The summed E-state index contributed by atoms with van der Waals surface area (Å²) in [5, 5.41) is 3.61. The molecule has 0 aliphatic carbocycles. The SMILES string of the molecule is COc1cc([C@H]2Nc3ccc(F)cc3[C@H]3OCCC[C@@H]23)cc(I)c1OC. The predicted molar refractivity (Wildman–Crippen MR) is 106 cm³/mol. The van der Waals surface area contributed by atoms with Crippen LogP contribution in [0, 0.1) is 15.3 Å². The number of rotatable bonds is 3. The maximum Gasteiger partial charge on any atom is 0.174 e. The summed E-state index contributed by atoms with van der Waals surface area (Å²) in [5.74, 6) is 1.48. The molecule has 2 aromatic rings. The second kappa shape index (κ2) is 7.23. The van der Waals surface area contributed by atoms with Gasteiger partial charge in [0.15, 0.2) is 11.5 Å². The van der Waals surface area contributed by atoms with Crippen molar-refractivity contribution in [2.24, 2.45) is 5.92 Å². The van der Waals surface area contributed by atoms with Crippen molar-refractivity contribution in [3.63, 3.8) is 0 Å². The average Bonchev–Trinajstić information content (AvgIpc) is 2.66. The third-order valence-electron chi connectivity index (χ3n) is 5.24. The monoisotopic (exact) mass is 469 g/mol. The van der Waals surface area contributed by atoms with Crippen molar-refractivity contribution in [3.8, 4) is 11.5 Å². The molecular weight excluding hydrogens is 448 g/mol. The molecule has 2 heterocycles. The molecule has 2 aromatic carbocycles. The van der Waals surface area contributed by atoms with Gasteiger partial charge in [-0.15, -0.1) is 0 Å². The molecule has 4 rings (SSSR count). The van der Waals surface area contributed by atoms with Crippen LogP contribution in [0.3, 0.4) is 0 Å². The van der Waals surface area contributed by atoms with Crippen LogP contribution in [0.15, 0.2) is 30.3 Å². The topological polar surface area (TPSA) is 39.7 Å². The fourth-order valence-electron chi connectivity index (χ4n) is 4.09. The van der Waals surface area contributed by atoms with Crippen molar-refractivity contribution in [1.82, 2.24) is 0 Å². The molecule has 26 heavy (non-hydrogen) atoms. The number of anilines is 1. The first-order valence-electron chi connectivity index (χ1n) is 8.71. The second-order valence-corrected chi connectivity index (χ2v) is 7.85. The minimum Gasteiger partial charge on any atom is -0.493 e. The minimum absolute atomic E-state index is 0.0755. The lowest BCUT2D eigenvalue weighted by Gasteiger charge is -2.43. The van der Waals surface area contributed by atoms with E-state index in [1.165, 1.54) is 6.07 Å². The van der Waals surface area contributed by atoms with E-state index in [4.69, 9.17) is 14.2 Å². The lowest BCUT2D eigenvalue weighted by Crippen LogP contribution is -2.36. The van der Waals surface area contributed by atoms with Crippen molar-refractivity contribution in [1.29, 1.82) is 0 Å². The van der Waals surface area contributed by atoms with Gasteiger partial charge in [-0.2, -0.15) is 0 Å². The van der Waals surface area contributed by atoms with E-state index in [9.17, 15) is 4.39 Å². The Hall–Kier alpha value is -1.54.